The zero-order valence-electron chi connectivity index (χ0n) is 9.84. The van der Waals surface area contributed by atoms with Crippen LogP contribution < -0.4 is 5.73 Å². The minimum atomic E-state index is 0.00843. The predicted octanol–water partition coefficient (Wildman–Crippen LogP) is 3.09. The molecule has 0 spiro atoms. The molecule has 0 saturated carbocycles. The molecule has 0 bridgehead atoms. The second-order valence-corrected chi connectivity index (χ2v) is 4.26. The molecule has 0 saturated heterocycles. The average molecular weight is 240 g/mol. The van der Waals surface area contributed by atoms with Crippen LogP contribution in [0.1, 0.15) is 5.56 Å². The molecule has 0 aliphatic carbocycles. The number of hydrogen-bond acceptors (Lipinski definition) is 4. The molecule has 4 nitrogen and oxygen atoms in total. The topological polar surface area (TPSA) is 72.3 Å². The Hall–Kier alpha value is -2.49. The van der Waals surface area contributed by atoms with E-state index >= 15 is 0 Å². The summed E-state index contributed by atoms with van der Waals surface area (Å²) in [6.07, 6.45) is 0. The highest BCUT2D eigenvalue weighted by molar-refractivity contribution is 5.82. The predicted molar refractivity (Wildman–Crippen MR) is 70.3 cm³/mol. The molecule has 18 heavy (non-hydrogen) atoms. The molecule has 4 heteroatoms. The van der Waals surface area contributed by atoms with Gasteiger partial charge in [-0.1, -0.05) is 17.7 Å². The van der Waals surface area contributed by atoms with Crippen LogP contribution in [0.5, 0.6) is 5.75 Å². The minimum absolute atomic E-state index is 0.00843. The molecule has 0 unspecified atom stereocenters. The van der Waals surface area contributed by atoms with E-state index < -0.39 is 0 Å². The highest BCUT2D eigenvalue weighted by atomic mass is 16.3. The van der Waals surface area contributed by atoms with Gasteiger partial charge in [0.05, 0.1) is 5.69 Å². The summed E-state index contributed by atoms with van der Waals surface area (Å²) in [6, 6.07) is 11.0. The van der Waals surface area contributed by atoms with E-state index in [0.29, 0.717) is 22.7 Å². The summed E-state index contributed by atoms with van der Waals surface area (Å²) in [5.41, 5.74) is 9.16. The van der Waals surface area contributed by atoms with Crippen LogP contribution in [0.4, 0.5) is 5.69 Å². The second kappa shape index (κ2) is 3.77. The number of fused-ring (bicyclic) bond motifs is 1. The number of nitrogens with two attached hydrogens (primary N) is 1. The summed E-state index contributed by atoms with van der Waals surface area (Å²) in [7, 11) is 0. The number of nitrogens with zero attached hydrogens (tertiary/aromatic N) is 1. The lowest BCUT2D eigenvalue weighted by Gasteiger charge is -1.95. The number of benzene rings is 2. The van der Waals surface area contributed by atoms with Crippen LogP contribution in [-0.4, -0.2) is 10.1 Å². The molecule has 0 aliphatic heterocycles. The van der Waals surface area contributed by atoms with E-state index in [0.717, 1.165) is 5.56 Å². The molecule has 0 aliphatic rings. The minimum Gasteiger partial charge on any atom is -0.506 e. The fraction of sp³-hybridized carbons (Fsp3) is 0.0714. The fourth-order valence-corrected chi connectivity index (χ4v) is 1.80. The third-order valence-electron chi connectivity index (χ3n) is 2.84. The van der Waals surface area contributed by atoms with Crippen molar-refractivity contribution in [2.75, 3.05) is 5.73 Å². The molecule has 90 valence electrons. The molecule has 3 rings (SSSR count). The first kappa shape index (κ1) is 10.7. The average Bonchev–Trinajstić information content (AvgIpc) is 2.73. The van der Waals surface area contributed by atoms with Crippen molar-refractivity contribution in [2.45, 2.75) is 6.92 Å². The van der Waals surface area contributed by atoms with Gasteiger partial charge in [0.2, 0.25) is 5.89 Å². The van der Waals surface area contributed by atoms with Gasteiger partial charge in [-0.15, -0.1) is 0 Å². The van der Waals surface area contributed by atoms with Crippen molar-refractivity contribution < 1.29 is 9.52 Å². The normalized spacial score (nSPS) is 10.9. The summed E-state index contributed by atoms with van der Waals surface area (Å²) in [4.78, 5) is 4.36. The Balaban J connectivity index is 2.16. The maximum Gasteiger partial charge on any atom is 0.227 e. The third kappa shape index (κ3) is 1.68. The van der Waals surface area contributed by atoms with Crippen LogP contribution in [0.2, 0.25) is 0 Å². The lowest BCUT2D eigenvalue weighted by Crippen LogP contribution is -1.84. The number of hydrogen-bond donors (Lipinski definition) is 2. The summed E-state index contributed by atoms with van der Waals surface area (Å²) in [5.74, 6) is 0.532. The first-order valence-corrected chi connectivity index (χ1v) is 5.59. The molecular weight excluding hydrogens is 228 g/mol. The second-order valence-electron chi connectivity index (χ2n) is 4.26. The lowest BCUT2D eigenvalue weighted by atomic mass is 10.1. The first-order chi connectivity index (χ1) is 8.63. The quantitative estimate of drug-likeness (QED) is 0.506. The monoisotopic (exact) mass is 240 g/mol. The molecule has 0 radical (unpaired) electrons. The van der Waals surface area contributed by atoms with Crippen molar-refractivity contribution in [1.82, 2.24) is 4.98 Å². The number of nitrogen functional groups attached to an aromatic ring is 1. The van der Waals surface area contributed by atoms with Gasteiger partial charge in [-0.2, -0.15) is 0 Å². The Kier molecular flexibility index (Phi) is 2.23. The number of oxazole rings is 1. The zero-order chi connectivity index (χ0) is 12.7. The largest absolute Gasteiger partial charge is 0.506 e. The number of phenolic OH excluding ortho intramolecular Hbond substituents is 1. The molecule has 0 amide bonds. The van der Waals surface area contributed by atoms with Gasteiger partial charge in [-0.3, -0.25) is 0 Å². The number of aromatic nitrogens is 1. The number of rotatable bonds is 1. The first-order valence-electron chi connectivity index (χ1n) is 5.59. The van der Waals surface area contributed by atoms with E-state index in [1.165, 1.54) is 11.6 Å². The Morgan fingerprint density at radius 3 is 2.61 bits per heavy atom. The van der Waals surface area contributed by atoms with Gasteiger partial charge >= 0.3 is 0 Å². The molecule has 0 atom stereocenters. The summed E-state index contributed by atoms with van der Waals surface area (Å²) < 4.78 is 5.60. The van der Waals surface area contributed by atoms with Crippen LogP contribution >= 0.6 is 0 Å². The Bertz CT molecular complexity index is 675. The number of phenols is 1. The van der Waals surface area contributed by atoms with Gasteiger partial charge < -0.3 is 15.3 Å². The van der Waals surface area contributed by atoms with Gasteiger partial charge in [-0.05, 0) is 25.1 Å². The molecule has 3 aromatic rings. The number of anilines is 1. The van der Waals surface area contributed by atoms with Gasteiger partial charge in [0.15, 0.2) is 5.58 Å². The molecular formula is C14H12N2O2. The van der Waals surface area contributed by atoms with E-state index in [1.807, 2.05) is 31.2 Å². The maximum absolute atomic E-state index is 9.52. The molecule has 1 heterocycles. The van der Waals surface area contributed by atoms with Crippen molar-refractivity contribution >= 4 is 16.8 Å². The van der Waals surface area contributed by atoms with E-state index in [2.05, 4.69) is 4.98 Å². The zero-order valence-corrected chi connectivity index (χ0v) is 9.84. The SMILES string of the molecule is Cc1ccc(-c2nc3cc(N)c(O)cc3o2)cc1. The van der Waals surface area contributed by atoms with Crippen LogP contribution in [0, 0.1) is 6.92 Å². The number of aryl methyl sites for hydroxylation is 1. The van der Waals surface area contributed by atoms with Crippen molar-refractivity contribution in [1.29, 1.82) is 0 Å². The molecule has 1 aromatic heterocycles. The van der Waals surface area contributed by atoms with Gasteiger partial charge in [0.25, 0.3) is 0 Å². The summed E-state index contributed by atoms with van der Waals surface area (Å²) in [6.45, 7) is 2.02. The van der Waals surface area contributed by atoms with Gasteiger partial charge in [0, 0.05) is 11.6 Å². The van der Waals surface area contributed by atoms with Crippen molar-refractivity contribution in [2.24, 2.45) is 0 Å². The Morgan fingerprint density at radius 1 is 1.17 bits per heavy atom. The van der Waals surface area contributed by atoms with E-state index in [9.17, 15) is 5.11 Å². The molecule has 0 fully saturated rings. The summed E-state index contributed by atoms with van der Waals surface area (Å²) >= 11 is 0. The Morgan fingerprint density at radius 2 is 1.89 bits per heavy atom. The molecule has 3 N–H and O–H groups in total. The molecule has 2 aromatic carbocycles. The van der Waals surface area contributed by atoms with Crippen molar-refractivity contribution in [3.63, 3.8) is 0 Å². The smallest absolute Gasteiger partial charge is 0.227 e. The van der Waals surface area contributed by atoms with E-state index in [-0.39, 0.29) is 5.75 Å². The lowest BCUT2D eigenvalue weighted by molar-refractivity contribution is 0.477. The number of aromatic hydroxyl groups is 1. The standard InChI is InChI=1S/C14H12N2O2/c1-8-2-4-9(5-3-8)14-16-11-6-10(15)12(17)7-13(11)18-14/h2-7,17H,15H2,1H3. The maximum atomic E-state index is 9.52. The highest BCUT2D eigenvalue weighted by Crippen LogP contribution is 2.30. The summed E-state index contributed by atoms with van der Waals surface area (Å²) in [5, 5.41) is 9.52. The third-order valence-corrected chi connectivity index (χ3v) is 2.84. The highest BCUT2D eigenvalue weighted by Gasteiger charge is 2.10. The van der Waals surface area contributed by atoms with Gasteiger partial charge in [-0.25, -0.2) is 4.98 Å². The van der Waals surface area contributed by atoms with Gasteiger partial charge in [0.1, 0.15) is 11.3 Å². The van der Waals surface area contributed by atoms with Crippen LogP contribution in [-0.2, 0) is 0 Å². The van der Waals surface area contributed by atoms with Crippen LogP contribution in [0.25, 0.3) is 22.6 Å². The fourth-order valence-electron chi connectivity index (χ4n) is 1.80. The van der Waals surface area contributed by atoms with Crippen molar-refractivity contribution in [3.8, 4) is 17.2 Å². The van der Waals surface area contributed by atoms with E-state index in [4.69, 9.17) is 10.2 Å². The van der Waals surface area contributed by atoms with E-state index in [1.54, 1.807) is 6.07 Å². The van der Waals surface area contributed by atoms with Crippen LogP contribution in [0.15, 0.2) is 40.8 Å². The van der Waals surface area contributed by atoms with Crippen LogP contribution in [0.3, 0.4) is 0 Å². The van der Waals surface area contributed by atoms with Crippen molar-refractivity contribution in [3.05, 3.63) is 42.0 Å². The Labute approximate surface area is 104 Å².